The summed E-state index contributed by atoms with van der Waals surface area (Å²) in [4.78, 5) is 13.3. The van der Waals surface area contributed by atoms with Crippen molar-refractivity contribution in [3.05, 3.63) is 0 Å². The van der Waals surface area contributed by atoms with Crippen LogP contribution in [0.1, 0.15) is 6.42 Å². The highest BCUT2D eigenvalue weighted by Gasteiger charge is 2.34. The van der Waals surface area contributed by atoms with Crippen LogP contribution in [0, 0.1) is 0 Å². The zero-order chi connectivity index (χ0) is 13.6. The number of nitrogens with two attached hydrogens (primary N) is 1. The van der Waals surface area contributed by atoms with Crippen LogP contribution in [0.3, 0.4) is 0 Å². The third-order valence-electron chi connectivity index (χ3n) is 2.80. The zero-order valence-corrected chi connectivity index (χ0v) is 11.1. The molecule has 1 amide bonds. The summed E-state index contributed by atoms with van der Waals surface area (Å²) >= 11 is 0. The number of nitrogens with zero attached hydrogens (tertiary/aromatic N) is 1. The summed E-state index contributed by atoms with van der Waals surface area (Å²) in [7, 11) is -3.05. The van der Waals surface area contributed by atoms with Crippen molar-refractivity contribution in [2.75, 3.05) is 44.4 Å². The molecule has 1 unspecified atom stereocenters. The van der Waals surface area contributed by atoms with Gasteiger partial charge < -0.3 is 20.5 Å². The van der Waals surface area contributed by atoms with Gasteiger partial charge in [0, 0.05) is 19.1 Å². The number of aliphatic hydroxyl groups excluding tert-OH is 1. The Bertz CT molecular complexity index is 370. The van der Waals surface area contributed by atoms with E-state index in [1.807, 2.05) is 0 Å². The minimum atomic E-state index is -3.05. The first-order chi connectivity index (χ1) is 8.50. The molecule has 0 aromatic heterocycles. The molecule has 1 aliphatic heterocycles. The standard InChI is InChI=1S/C10H20N2O5S/c11-2-5-17-7-10(14)12(3-4-13)9-1-6-18(15,16)8-9/h9,13H,1-8,11H2. The molecule has 1 aliphatic rings. The van der Waals surface area contributed by atoms with Gasteiger partial charge in [-0.15, -0.1) is 0 Å². The summed E-state index contributed by atoms with van der Waals surface area (Å²) < 4.78 is 27.8. The van der Waals surface area contributed by atoms with Gasteiger partial charge in [-0.25, -0.2) is 8.42 Å². The molecule has 0 saturated carbocycles. The first-order valence-corrected chi connectivity index (χ1v) is 7.71. The van der Waals surface area contributed by atoms with Gasteiger partial charge in [0.05, 0.1) is 24.7 Å². The lowest BCUT2D eigenvalue weighted by Crippen LogP contribution is -2.44. The van der Waals surface area contributed by atoms with Gasteiger partial charge in [0.2, 0.25) is 5.91 Å². The Labute approximate surface area is 107 Å². The van der Waals surface area contributed by atoms with E-state index in [2.05, 4.69) is 0 Å². The number of hydrogen-bond acceptors (Lipinski definition) is 6. The molecule has 8 heteroatoms. The Morgan fingerprint density at radius 1 is 1.50 bits per heavy atom. The van der Waals surface area contributed by atoms with Crippen molar-refractivity contribution in [1.29, 1.82) is 0 Å². The predicted octanol–water partition coefficient (Wildman–Crippen LogP) is -2.03. The van der Waals surface area contributed by atoms with E-state index >= 15 is 0 Å². The molecule has 0 aromatic carbocycles. The maximum Gasteiger partial charge on any atom is 0.248 e. The van der Waals surface area contributed by atoms with E-state index < -0.39 is 9.84 Å². The molecule has 0 aliphatic carbocycles. The fourth-order valence-electron chi connectivity index (χ4n) is 1.97. The lowest BCUT2D eigenvalue weighted by molar-refractivity contribution is -0.138. The first kappa shape index (κ1) is 15.4. The Morgan fingerprint density at radius 2 is 2.22 bits per heavy atom. The quantitative estimate of drug-likeness (QED) is 0.520. The average Bonchev–Trinajstić information content (AvgIpc) is 2.66. The van der Waals surface area contributed by atoms with Crippen molar-refractivity contribution in [3.63, 3.8) is 0 Å². The Kier molecular flexibility index (Phi) is 6.00. The Hall–Kier alpha value is -0.700. The molecule has 0 spiro atoms. The third kappa shape index (κ3) is 4.52. The van der Waals surface area contributed by atoms with Gasteiger partial charge in [0.15, 0.2) is 9.84 Å². The van der Waals surface area contributed by atoms with Crippen LogP contribution in [0.2, 0.25) is 0 Å². The second-order valence-corrected chi connectivity index (χ2v) is 6.44. The first-order valence-electron chi connectivity index (χ1n) is 5.88. The van der Waals surface area contributed by atoms with Crippen LogP contribution >= 0.6 is 0 Å². The molecule has 3 N–H and O–H groups in total. The van der Waals surface area contributed by atoms with Crippen LogP contribution in [0.4, 0.5) is 0 Å². The average molecular weight is 280 g/mol. The van der Waals surface area contributed by atoms with Crippen LogP contribution in [0.15, 0.2) is 0 Å². The molecule has 1 rings (SSSR count). The van der Waals surface area contributed by atoms with Gasteiger partial charge in [0.1, 0.15) is 6.61 Å². The van der Waals surface area contributed by atoms with Gasteiger partial charge in [-0.1, -0.05) is 0 Å². The lowest BCUT2D eigenvalue weighted by Gasteiger charge is -2.27. The lowest BCUT2D eigenvalue weighted by atomic mass is 10.2. The molecule has 0 radical (unpaired) electrons. The van der Waals surface area contributed by atoms with E-state index in [-0.39, 0.29) is 49.8 Å². The molecule has 18 heavy (non-hydrogen) atoms. The highest BCUT2D eigenvalue weighted by Crippen LogP contribution is 2.17. The number of amides is 1. The maximum atomic E-state index is 11.9. The van der Waals surface area contributed by atoms with E-state index in [9.17, 15) is 13.2 Å². The van der Waals surface area contributed by atoms with E-state index in [4.69, 9.17) is 15.6 Å². The predicted molar refractivity (Wildman–Crippen MR) is 65.7 cm³/mol. The summed E-state index contributed by atoms with van der Waals surface area (Å²) in [6.45, 7) is 0.407. The van der Waals surface area contributed by atoms with Crippen molar-refractivity contribution in [3.8, 4) is 0 Å². The Balaban J connectivity index is 2.56. The van der Waals surface area contributed by atoms with Crippen molar-refractivity contribution in [2.45, 2.75) is 12.5 Å². The summed E-state index contributed by atoms with van der Waals surface area (Å²) in [6, 6.07) is -0.351. The number of sulfone groups is 1. The van der Waals surface area contributed by atoms with Crippen LogP contribution in [-0.2, 0) is 19.4 Å². The van der Waals surface area contributed by atoms with Gasteiger partial charge in [-0.2, -0.15) is 0 Å². The van der Waals surface area contributed by atoms with Crippen LogP contribution < -0.4 is 5.73 Å². The maximum absolute atomic E-state index is 11.9. The SMILES string of the molecule is NCCOCC(=O)N(CCO)C1CCS(=O)(=O)C1. The molecule has 0 bridgehead atoms. The molecule has 1 fully saturated rings. The van der Waals surface area contributed by atoms with Crippen molar-refractivity contribution >= 4 is 15.7 Å². The van der Waals surface area contributed by atoms with Gasteiger partial charge in [0.25, 0.3) is 0 Å². The van der Waals surface area contributed by atoms with Crippen molar-refractivity contribution in [2.24, 2.45) is 5.73 Å². The summed E-state index contributed by atoms with van der Waals surface area (Å²) in [5.74, 6) is -0.244. The highest BCUT2D eigenvalue weighted by molar-refractivity contribution is 7.91. The Morgan fingerprint density at radius 3 is 2.72 bits per heavy atom. The zero-order valence-electron chi connectivity index (χ0n) is 10.2. The third-order valence-corrected chi connectivity index (χ3v) is 4.55. The monoisotopic (exact) mass is 280 g/mol. The number of carbonyl (C=O) groups is 1. The summed E-state index contributed by atoms with van der Waals surface area (Å²) in [5.41, 5.74) is 5.24. The highest BCUT2D eigenvalue weighted by atomic mass is 32.2. The molecule has 106 valence electrons. The van der Waals surface area contributed by atoms with E-state index in [0.717, 1.165) is 0 Å². The van der Waals surface area contributed by atoms with Gasteiger partial charge in [-0.05, 0) is 6.42 Å². The molecular weight excluding hydrogens is 260 g/mol. The minimum Gasteiger partial charge on any atom is -0.395 e. The minimum absolute atomic E-state index is 0.0321. The summed E-state index contributed by atoms with van der Waals surface area (Å²) in [5, 5.41) is 8.94. The topological polar surface area (TPSA) is 110 Å². The van der Waals surface area contributed by atoms with E-state index in [1.54, 1.807) is 0 Å². The van der Waals surface area contributed by atoms with E-state index in [1.165, 1.54) is 4.90 Å². The number of carbonyl (C=O) groups excluding carboxylic acids is 1. The number of rotatable bonds is 7. The molecule has 1 saturated heterocycles. The van der Waals surface area contributed by atoms with E-state index in [0.29, 0.717) is 13.0 Å². The van der Waals surface area contributed by atoms with Crippen molar-refractivity contribution < 1.29 is 23.1 Å². The molecular formula is C10H20N2O5S. The smallest absolute Gasteiger partial charge is 0.248 e. The molecule has 1 heterocycles. The van der Waals surface area contributed by atoms with Crippen LogP contribution in [0.5, 0.6) is 0 Å². The molecule has 0 aromatic rings. The second-order valence-electron chi connectivity index (χ2n) is 4.21. The second kappa shape index (κ2) is 7.03. The largest absolute Gasteiger partial charge is 0.395 e. The fourth-order valence-corrected chi connectivity index (χ4v) is 3.70. The summed E-state index contributed by atoms with van der Waals surface area (Å²) in [6.07, 6.45) is 0.422. The molecule has 1 atom stereocenters. The fraction of sp³-hybridized carbons (Fsp3) is 0.900. The van der Waals surface area contributed by atoms with Crippen LogP contribution in [0.25, 0.3) is 0 Å². The van der Waals surface area contributed by atoms with Gasteiger partial charge in [-0.3, -0.25) is 4.79 Å². The normalized spacial score (nSPS) is 22.0. The molecule has 7 nitrogen and oxygen atoms in total. The number of aliphatic hydroxyl groups is 1. The van der Waals surface area contributed by atoms with Crippen molar-refractivity contribution in [1.82, 2.24) is 4.90 Å². The number of ether oxygens (including phenoxy) is 1. The van der Waals surface area contributed by atoms with Gasteiger partial charge >= 0.3 is 0 Å². The van der Waals surface area contributed by atoms with Crippen LogP contribution in [-0.4, -0.2) is 74.8 Å². The number of hydrogen-bond donors (Lipinski definition) is 2.